The van der Waals surface area contributed by atoms with Crippen molar-refractivity contribution in [3.63, 3.8) is 0 Å². The van der Waals surface area contributed by atoms with Gasteiger partial charge in [-0.05, 0) is 5.92 Å². The van der Waals surface area contributed by atoms with Gasteiger partial charge in [-0.2, -0.15) is 0 Å². The van der Waals surface area contributed by atoms with Gasteiger partial charge < -0.3 is 16.2 Å². The summed E-state index contributed by atoms with van der Waals surface area (Å²) in [6.07, 6.45) is 0. The van der Waals surface area contributed by atoms with Crippen LogP contribution in [0.25, 0.3) is 0 Å². The molecule has 3 nitrogen and oxygen atoms in total. The Morgan fingerprint density at radius 1 is 1.56 bits per heavy atom. The molecule has 0 aromatic rings. The first-order chi connectivity index (χ1) is 4.22. The Morgan fingerprint density at radius 3 is 2.44 bits per heavy atom. The van der Waals surface area contributed by atoms with Gasteiger partial charge >= 0.3 is 0 Å². The van der Waals surface area contributed by atoms with E-state index in [2.05, 4.69) is 0 Å². The highest BCUT2D eigenvalue weighted by Crippen LogP contribution is 1.97. The lowest BCUT2D eigenvalue weighted by Gasteiger charge is -2.16. The average molecular weight is 132 g/mol. The molecule has 0 bridgehead atoms. The van der Waals surface area contributed by atoms with Gasteiger partial charge in [0.25, 0.3) is 0 Å². The standard InChI is InChI=1S/C6H16N2O/c1-5(4-9-2)6(8)3-7/h5-6H,3-4,7-8H2,1-2H3. The molecule has 0 rings (SSSR count). The smallest absolute Gasteiger partial charge is 0.0503 e. The lowest BCUT2D eigenvalue weighted by molar-refractivity contribution is 0.148. The Morgan fingerprint density at radius 2 is 2.11 bits per heavy atom. The van der Waals surface area contributed by atoms with Crippen LogP contribution in [-0.2, 0) is 4.74 Å². The molecule has 0 aromatic heterocycles. The molecule has 0 aliphatic rings. The molecule has 0 saturated heterocycles. The van der Waals surface area contributed by atoms with Gasteiger partial charge in [-0.3, -0.25) is 0 Å². The first kappa shape index (κ1) is 8.88. The Balaban J connectivity index is 3.32. The van der Waals surface area contributed by atoms with Crippen LogP contribution in [-0.4, -0.2) is 26.3 Å². The van der Waals surface area contributed by atoms with Crippen molar-refractivity contribution in [1.29, 1.82) is 0 Å². The highest BCUT2D eigenvalue weighted by atomic mass is 16.5. The Bertz CT molecular complexity index is 68.1. The van der Waals surface area contributed by atoms with E-state index in [0.29, 0.717) is 19.1 Å². The highest BCUT2D eigenvalue weighted by Gasteiger charge is 2.08. The molecule has 0 aliphatic carbocycles. The van der Waals surface area contributed by atoms with Crippen LogP contribution in [0.5, 0.6) is 0 Å². The first-order valence-corrected chi connectivity index (χ1v) is 3.17. The van der Waals surface area contributed by atoms with Crippen molar-refractivity contribution in [2.45, 2.75) is 13.0 Å². The molecule has 0 aromatic carbocycles. The molecule has 3 heteroatoms. The second kappa shape index (κ2) is 4.73. The quantitative estimate of drug-likeness (QED) is 0.545. The van der Waals surface area contributed by atoms with Crippen LogP contribution in [0.4, 0.5) is 0 Å². The molecule has 0 radical (unpaired) electrons. The van der Waals surface area contributed by atoms with Crippen LogP contribution in [0.15, 0.2) is 0 Å². The van der Waals surface area contributed by atoms with E-state index in [4.69, 9.17) is 16.2 Å². The van der Waals surface area contributed by atoms with E-state index >= 15 is 0 Å². The topological polar surface area (TPSA) is 61.3 Å². The van der Waals surface area contributed by atoms with Crippen LogP contribution in [0.1, 0.15) is 6.92 Å². The third kappa shape index (κ3) is 3.46. The number of hydrogen-bond acceptors (Lipinski definition) is 3. The van der Waals surface area contributed by atoms with E-state index in [-0.39, 0.29) is 6.04 Å². The number of rotatable bonds is 4. The van der Waals surface area contributed by atoms with Gasteiger partial charge in [0.05, 0.1) is 6.61 Å². The van der Waals surface area contributed by atoms with Gasteiger partial charge in [-0.15, -0.1) is 0 Å². The summed E-state index contributed by atoms with van der Waals surface area (Å²) in [6.45, 7) is 3.25. The third-order valence-electron chi connectivity index (χ3n) is 1.43. The van der Waals surface area contributed by atoms with Gasteiger partial charge in [0.2, 0.25) is 0 Å². The summed E-state index contributed by atoms with van der Waals surface area (Å²) in [6, 6.07) is 0.0740. The molecule has 2 atom stereocenters. The first-order valence-electron chi connectivity index (χ1n) is 3.17. The maximum atomic E-state index is 5.60. The number of ether oxygens (including phenoxy) is 1. The predicted molar refractivity (Wildman–Crippen MR) is 38.1 cm³/mol. The minimum Gasteiger partial charge on any atom is -0.384 e. The molecule has 4 N–H and O–H groups in total. The molecule has 0 amide bonds. The molecule has 0 aliphatic heterocycles. The normalized spacial score (nSPS) is 17.3. The Labute approximate surface area is 56.4 Å². The van der Waals surface area contributed by atoms with Gasteiger partial charge in [-0.25, -0.2) is 0 Å². The summed E-state index contributed by atoms with van der Waals surface area (Å²) >= 11 is 0. The van der Waals surface area contributed by atoms with Crippen molar-refractivity contribution < 1.29 is 4.74 Å². The van der Waals surface area contributed by atoms with E-state index in [1.807, 2.05) is 6.92 Å². The predicted octanol–water partition coefficient (Wildman–Crippen LogP) is -0.445. The van der Waals surface area contributed by atoms with Gasteiger partial charge in [0.15, 0.2) is 0 Å². The van der Waals surface area contributed by atoms with Crippen LogP contribution >= 0.6 is 0 Å². The van der Waals surface area contributed by atoms with E-state index in [1.165, 1.54) is 0 Å². The fourth-order valence-corrected chi connectivity index (χ4v) is 0.619. The molecule has 0 spiro atoms. The third-order valence-corrected chi connectivity index (χ3v) is 1.43. The average Bonchev–Trinajstić information content (AvgIpc) is 1.87. The summed E-state index contributed by atoms with van der Waals surface area (Å²) in [5, 5.41) is 0. The maximum absolute atomic E-state index is 5.60. The van der Waals surface area contributed by atoms with Crippen molar-refractivity contribution >= 4 is 0 Å². The van der Waals surface area contributed by atoms with Crippen molar-refractivity contribution in [3.8, 4) is 0 Å². The Kier molecular flexibility index (Phi) is 4.67. The second-order valence-corrected chi connectivity index (χ2v) is 2.33. The zero-order chi connectivity index (χ0) is 7.28. The zero-order valence-electron chi connectivity index (χ0n) is 6.13. The molecule has 9 heavy (non-hydrogen) atoms. The molecule has 0 heterocycles. The monoisotopic (exact) mass is 132 g/mol. The van der Waals surface area contributed by atoms with Crippen LogP contribution in [0.2, 0.25) is 0 Å². The second-order valence-electron chi connectivity index (χ2n) is 2.33. The number of nitrogens with two attached hydrogens (primary N) is 2. The molecule has 0 saturated carbocycles. The number of hydrogen-bond donors (Lipinski definition) is 2. The summed E-state index contributed by atoms with van der Waals surface area (Å²) < 4.78 is 4.89. The number of methoxy groups -OCH3 is 1. The van der Waals surface area contributed by atoms with Crippen LogP contribution in [0.3, 0.4) is 0 Å². The SMILES string of the molecule is COCC(C)C(N)CN. The van der Waals surface area contributed by atoms with Crippen LogP contribution < -0.4 is 11.5 Å². The van der Waals surface area contributed by atoms with Crippen molar-refractivity contribution in [1.82, 2.24) is 0 Å². The summed E-state index contributed by atoms with van der Waals surface area (Å²) in [5.41, 5.74) is 10.9. The van der Waals surface area contributed by atoms with Crippen molar-refractivity contribution in [3.05, 3.63) is 0 Å². The van der Waals surface area contributed by atoms with E-state index in [1.54, 1.807) is 7.11 Å². The minimum absolute atomic E-state index is 0.0740. The van der Waals surface area contributed by atoms with Gasteiger partial charge in [0.1, 0.15) is 0 Å². The largest absolute Gasteiger partial charge is 0.384 e. The molecular weight excluding hydrogens is 116 g/mol. The highest BCUT2D eigenvalue weighted by molar-refractivity contribution is 4.68. The maximum Gasteiger partial charge on any atom is 0.0503 e. The molecular formula is C6H16N2O. The van der Waals surface area contributed by atoms with E-state index in [0.717, 1.165) is 0 Å². The molecule has 0 fully saturated rings. The van der Waals surface area contributed by atoms with Crippen molar-refractivity contribution in [2.75, 3.05) is 20.3 Å². The molecule has 56 valence electrons. The molecule has 2 unspecified atom stereocenters. The van der Waals surface area contributed by atoms with Gasteiger partial charge in [0, 0.05) is 19.7 Å². The lowest BCUT2D eigenvalue weighted by atomic mass is 10.1. The summed E-state index contributed by atoms with van der Waals surface area (Å²) in [4.78, 5) is 0. The van der Waals surface area contributed by atoms with E-state index in [9.17, 15) is 0 Å². The fraction of sp³-hybridized carbons (Fsp3) is 1.00. The lowest BCUT2D eigenvalue weighted by Crippen LogP contribution is -2.37. The van der Waals surface area contributed by atoms with Gasteiger partial charge in [-0.1, -0.05) is 6.92 Å². The minimum atomic E-state index is 0.0740. The van der Waals surface area contributed by atoms with Crippen LogP contribution in [0, 0.1) is 5.92 Å². The summed E-state index contributed by atoms with van der Waals surface area (Å²) in [7, 11) is 1.67. The zero-order valence-corrected chi connectivity index (χ0v) is 6.13. The summed E-state index contributed by atoms with van der Waals surface area (Å²) in [5.74, 6) is 0.361. The van der Waals surface area contributed by atoms with E-state index < -0.39 is 0 Å². The fourth-order valence-electron chi connectivity index (χ4n) is 0.619. The Hall–Kier alpha value is -0.120. The van der Waals surface area contributed by atoms with Crippen molar-refractivity contribution in [2.24, 2.45) is 17.4 Å².